The van der Waals surface area contributed by atoms with Crippen LogP contribution < -0.4 is 10.9 Å². The third-order valence-corrected chi connectivity index (χ3v) is 2.28. The van der Waals surface area contributed by atoms with Crippen LogP contribution in [0.25, 0.3) is 0 Å². The molecule has 0 spiro atoms. The van der Waals surface area contributed by atoms with Crippen molar-refractivity contribution in [3.8, 4) is 0 Å². The first-order valence-corrected chi connectivity index (χ1v) is 5.28. The van der Waals surface area contributed by atoms with Gasteiger partial charge in [-0.1, -0.05) is 41.4 Å². The molecule has 0 aliphatic carbocycles. The molecule has 1 heterocycles. The Morgan fingerprint density at radius 3 is 2.50 bits per heavy atom. The van der Waals surface area contributed by atoms with E-state index in [4.69, 9.17) is 34.8 Å². The lowest BCUT2D eigenvalue weighted by Gasteiger charge is -2.09. The van der Waals surface area contributed by atoms with Gasteiger partial charge in [-0.05, 0) is 13.0 Å². The van der Waals surface area contributed by atoms with Gasteiger partial charge in [-0.2, -0.15) is 0 Å². The summed E-state index contributed by atoms with van der Waals surface area (Å²) in [5, 5.41) is 0.198. The maximum atomic E-state index is 11.6. The number of amides is 1. The number of nitrogens with one attached hydrogen (secondary N) is 2. The summed E-state index contributed by atoms with van der Waals surface area (Å²) < 4.78 is 0. The zero-order valence-corrected chi connectivity index (χ0v) is 10.5. The van der Waals surface area contributed by atoms with E-state index in [-0.39, 0.29) is 20.9 Å². The number of hydrogen-bond donors (Lipinski definition) is 2. The van der Waals surface area contributed by atoms with E-state index in [1.165, 1.54) is 6.07 Å². The molecule has 0 fully saturated rings. The zero-order chi connectivity index (χ0) is 12.3. The minimum atomic E-state index is -0.512. The van der Waals surface area contributed by atoms with Crippen molar-refractivity contribution < 1.29 is 4.79 Å². The monoisotopic (exact) mass is 279 g/mol. The maximum Gasteiger partial charge on any atom is 0.274 e. The molecule has 1 aromatic heterocycles. The molecule has 0 aromatic carbocycles. The third-order valence-electron chi connectivity index (χ3n) is 1.51. The summed E-state index contributed by atoms with van der Waals surface area (Å²) in [6.07, 6.45) is 0. The largest absolute Gasteiger partial charge is 0.303 e. The second kappa shape index (κ2) is 5.39. The predicted molar refractivity (Wildman–Crippen MR) is 64.7 cm³/mol. The van der Waals surface area contributed by atoms with E-state index in [1.54, 1.807) is 6.92 Å². The van der Waals surface area contributed by atoms with Gasteiger partial charge in [0.15, 0.2) is 0 Å². The molecule has 1 amide bonds. The number of pyridine rings is 1. The highest BCUT2D eigenvalue weighted by Crippen LogP contribution is 2.25. The van der Waals surface area contributed by atoms with Crippen molar-refractivity contribution in [3.63, 3.8) is 0 Å². The number of carbonyl (C=O) groups excluding carboxylic acids is 1. The standard InChI is InChI=1S/C9H8Cl3N3O/c1-4(2)14-15-9(16)7-5(10)3-6(11)13-8(7)12/h3,14H,1H2,2H3,(H,15,16). The molecule has 0 aliphatic heterocycles. The van der Waals surface area contributed by atoms with Crippen LogP contribution in [0.15, 0.2) is 18.3 Å². The van der Waals surface area contributed by atoms with Crippen molar-refractivity contribution in [1.29, 1.82) is 0 Å². The van der Waals surface area contributed by atoms with Crippen LogP contribution in [0.3, 0.4) is 0 Å². The SMILES string of the molecule is C=C(C)NNC(=O)c1c(Cl)cc(Cl)nc1Cl. The molecule has 1 rings (SSSR count). The molecule has 16 heavy (non-hydrogen) atoms. The van der Waals surface area contributed by atoms with Crippen LogP contribution in [-0.2, 0) is 0 Å². The molecule has 0 bridgehead atoms. The Kier molecular flexibility index (Phi) is 4.41. The normalized spacial score (nSPS) is 9.75. The van der Waals surface area contributed by atoms with Crippen molar-refractivity contribution in [3.05, 3.63) is 39.2 Å². The Bertz CT molecular complexity index is 425. The summed E-state index contributed by atoms with van der Waals surface area (Å²) >= 11 is 17.2. The number of hydrazine groups is 1. The first kappa shape index (κ1) is 13.1. The molecule has 0 atom stereocenters. The minimum absolute atomic E-state index is 0.0569. The van der Waals surface area contributed by atoms with Gasteiger partial charge in [-0.3, -0.25) is 10.2 Å². The Labute approximate surface area is 108 Å². The van der Waals surface area contributed by atoms with Gasteiger partial charge in [-0.25, -0.2) is 4.98 Å². The first-order valence-electron chi connectivity index (χ1n) is 4.15. The van der Waals surface area contributed by atoms with Crippen molar-refractivity contribution in [2.45, 2.75) is 6.92 Å². The second-order valence-electron chi connectivity index (χ2n) is 2.95. The molecule has 1 aromatic rings. The van der Waals surface area contributed by atoms with E-state index in [1.807, 2.05) is 0 Å². The molecule has 0 radical (unpaired) electrons. The topological polar surface area (TPSA) is 54.0 Å². The average Bonchev–Trinajstić information content (AvgIpc) is 2.12. The Balaban J connectivity index is 2.95. The Morgan fingerprint density at radius 1 is 1.38 bits per heavy atom. The summed E-state index contributed by atoms with van der Waals surface area (Å²) in [5.74, 6) is -0.512. The number of halogens is 3. The van der Waals surface area contributed by atoms with Crippen molar-refractivity contribution in [1.82, 2.24) is 15.8 Å². The van der Waals surface area contributed by atoms with Gasteiger partial charge >= 0.3 is 0 Å². The van der Waals surface area contributed by atoms with E-state index < -0.39 is 5.91 Å². The number of hydrogen-bond acceptors (Lipinski definition) is 3. The molecule has 4 nitrogen and oxygen atoms in total. The van der Waals surface area contributed by atoms with E-state index in [0.717, 1.165) is 0 Å². The minimum Gasteiger partial charge on any atom is -0.303 e. The van der Waals surface area contributed by atoms with Gasteiger partial charge in [0, 0.05) is 5.70 Å². The predicted octanol–water partition coefficient (Wildman–Crippen LogP) is 2.81. The highest BCUT2D eigenvalue weighted by atomic mass is 35.5. The molecular formula is C9H8Cl3N3O. The van der Waals surface area contributed by atoms with E-state index >= 15 is 0 Å². The molecule has 0 aliphatic rings. The summed E-state index contributed by atoms with van der Waals surface area (Å²) in [7, 11) is 0. The lowest BCUT2D eigenvalue weighted by atomic mass is 10.3. The zero-order valence-electron chi connectivity index (χ0n) is 8.27. The van der Waals surface area contributed by atoms with E-state index in [2.05, 4.69) is 22.4 Å². The van der Waals surface area contributed by atoms with Crippen LogP contribution in [0.5, 0.6) is 0 Å². The third kappa shape index (κ3) is 3.27. The first-order chi connectivity index (χ1) is 7.41. The quantitative estimate of drug-likeness (QED) is 0.661. The highest BCUT2D eigenvalue weighted by Gasteiger charge is 2.16. The number of allylic oxidation sites excluding steroid dienone is 1. The van der Waals surface area contributed by atoms with Gasteiger partial charge in [0.25, 0.3) is 5.91 Å². The highest BCUT2D eigenvalue weighted by molar-refractivity contribution is 6.40. The molecule has 0 saturated carbocycles. The fraction of sp³-hybridized carbons (Fsp3) is 0.111. The Hall–Kier alpha value is -0.970. The number of rotatable bonds is 3. The van der Waals surface area contributed by atoms with Gasteiger partial charge < -0.3 is 5.43 Å². The van der Waals surface area contributed by atoms with Gasteiger partial charge in [0.1, 0.15) is 10.3 Å². The van der Waals surface area contributed by atoms with E-state index in [0.29, 0.717) is 5.70 Å². The van der Waals surface area contributed by atoms with Gasteiger partial charge in [0.05, 0.1) is 10.6 Å². The van der Waals surface area contributed by atoms with Crippen molar-refractivity contribution in [2.24, 2.45) is 0 Å². The number of aromatic nitrogens is 1. The van der Waals surface area contributed by atoms with Crippen LogP contribution >= 0.6 is 34.8 Å². The summed E-state index contributed by atoms with van der Waals surface area (Å²) in [6.45, 7) is 5.24. The maximum absolute atomic E-state index is 11.6. The van der Waals surface area contributed by atoms with Crippen LogP contribution in [-0.4, -0.2) is 10.9 Å². The molecular weight excluding hydrogens is 272 g/mol. The molecule has 86 valence electrons. The van der Waals surface area contributed by atoms with E-state index in [9.17, 15) is 4.79 Å². The van der Waals surface area contributed by atoms with Crippen LogP contribution in [0.1, 0.15) is 17.3 Å². The van der Waals surface area contributed by atoms with Crippen LogP contribution in [0, 0.1) is 0 Å². The molecule has 7 heteroatoms. The van der Waals surface area contributed by atoms with Crippen LogP contribution in [0.4, 0.5) is 0 Å². The lowest BCUT2D eigenvalue weighted by Crippen LogP contribution is -2.36. The lowest BCUT2D eigenvalue weighted by molar-refractivity contribution is 0.0939. The van der Waals surface area contributed by atoms with Gasteiger partial charge in [0.2, 0.25) is 0 Å². The molecule has 0 saturated heterocycles. The van der Waals surface area contributed by atoms with Gasteiger partial charge in [-0.15, -0.1) is 0 Å². The number of nitrogens with zero attached hydrogens (tertiary/aromatic N) is 1. The van der Waals surface area contributed by atoms with Crippen molar-refractivity contribution >= 4 is 40.7 Å². The molecule has 2 N–H and O–H groups in total. The Morgan fingerprint density at radius 2 is 2.00 bits per heavy atom. The molecule has 0 unspecified atom stereocenters. The summed E-state index contributed by atoms with van der Waals surface area (Å²) in [5.41, 5.74) is 5.53. The average molecular weight is 281 g/mol. The fourth-order valence-electron chi connectivity index (χ4n) is 0.885. The fourth-order valence-corrected chi connectivity index (χ4v) is 1.78. The summed E-state index contributed by atoms with van der Waals surface area (Å²) in [6, 6.07) is 1.34. The van der Waals surface area contributed by atoms with Crippen LogP contribution in [0.2, 0.25) is 15.3 Å². The summed E-state index contributed by atoms with van der Waals surface area (Å²) in [4.78, 5) is 15.4. The number of carbonyl (C=O) groups is 1. The smallest absolute Gasteiger partial charge is 0.274 e. The van der Waals surface area contributed by atoms with Crippen molar-refractivity contribution in [2.75, 3.05) is 0 Å². The second-order valence-corrected chi connectivity index (χ2v) is 4.10.